The van der Waals surface area contributed by atoms with Crippen LogP contribution in [0.1, 0.15) is 32.6 Å². The maximum atomic E-state index is 13.3. The Morgan fingerprint density at radius 3 is 2.55 bits per heavy atom. The van der Waals surface area contributed by atoms with Crippen LogP contribution in [-0.4, -0.2) is 79.3 Å². The molecule has 178 valence electrons. The molecule has 3 aliphatic heterocycles. The second-order valence-electron chi connectivity index (χ2n) is 10.0. The van der Waals surface area contributed by atoms with Crippen molar-refractivity contribution in [3.8, 4) is 0 Å². The number of piperidine rings is 1. The van der Waals surface area contributed by atoms with Gasteiger partial charge < -0.3 is 19.2 Å². The second kappa shape index (κ2) is 8.97. The molecule has 0 N–H and O–H groups in total. The topological polar surface area (TPSA) is 56.1 Å². The van der Waals surface area contributed by atoms with E-state index in [0.717, 1.165) is 76.5 Å². The first kappa shape index (κ1) is 22.2. The Hall–Kier alpha value is -2.61. The zero-order valence-electron chi connectivity index (χ0n) is 19.6. The minimum atomic E-state index is -0.214. The van der Waals surface area contributed by atoms with Crippen LogP contribution >= 0.6 is 0 Å². The Balaban J connectivity index is 1.13. The van der Waals surface area contributed by atoms with Gasteiger partial charge in [0.25, 0.3) is 0 Å². The number of nitrogens with zero attached hydrogens (tertiary/aromatic N) is 5. The largest absolute Gasteiger partial charge is 0.366 e. The molecule has 0 unspecified atom stereocenters. The fraction of sp³-hybridized carbons (Fsp3) is 0.600. The molecule has 7 nitrogen and oxygen atoms in total. The predicted octanol–water partition coefficient (Wildman–Crippen LogP) is 3.23. The molecule has 1 aromatic carbocycles. The first-order chi connectivity index (χ1) is 15.9. The molecule has 0 bridgehead atoms. The predicted molar refractivity (Wildman–Crippen MR) is 126 cm³/mol. The molecule has 3 saturated heterocycles. The summed E-state index contributed by atoms with van der Waals surface area (Å²) >= 11 is 0. The molecule has 33 heavy (non-hydrogen) atoms. The maximum Gasteiger partial charge on any atom is 0.228 e. The van der Waals surface area contributed by atoms with Gasteiger partial charge in [-0.05, 0) is 56.9 Å². The highest BCUT2D eigenvalue weighted by molar-refractivity contribution is 5.85. The number of piperazine rings is 1. The second-order valence-corrected chi connectivity index (χ2v) is 10.0. The molecule has 1 spiro atoms. The van der Waals surface area contributed by atoms with Gasteiger partial charge >= 0.3 is 0 Å². The molecule has 1 amide bonds. The summed E-state index contributed by atoms with van der Waals surface area (Å²) in [6.07, 6.45) is 5.34. The van der Waals surface area contributed by atoms with E-state index >= 15 is 0 Å². The molecule has 1 aromatic heterocycles. The molecular weight excluding hydrogens is 421 g/mol. The summed E-state index contributed by atoms with van der Waals surface area (Å²) < 4.78 is 18.3. The van der Waals surface area contributed by atoms with E-state index in [2.05, 4.69) is 26.8 Å². The minimum Gasteiger partial charge on any atom is -0.366 e. The Kier molecular flexibility index (Phi) is 6.03. The van der Waals surface area contributed by atoms with Crippen LogP contribution in [0.4, 0.5) is 15.9 Å². The number of hydrogen-bond acceptors (Lipinski definition) is 6. The van der Waals surface area contributed by atoms with Crippen LogP contribution in [0.25, 0.3) is 0 Å². The third kappa shape index (κ3) is 4.33. The third-order valence-corrected chi connectivity index (χ3v) is 8.07. The number of rotatable bonds is 5. The van der Waals surface area contributed by atoms with Gasteiger partial charge in [-0.15, -0.1) is 0 Å². The summed E-state index contributed by atoms with van der Waals surface area (Å²) in [7, 11) is 1.99. The van der Waals surface area contributed by atoms with Gasteiger partial charge in [-0.25, -0.2) is 4.39 Å². The van der Waals surface area contributed by atoms with Crippen molar-refractivity contribution >= 4 is 17.4 Å². The van der Waals surface area contributed by atoms with Gasteiger partial charge in [0.1, 0.15) is 12.1 Å². The van der Waals surface area contributed by atoms with Crippen molar-refractivity contribution in [2.75, 3.05) is 56.1 Å². The summed E-state index contributed by atoms with van der Waals surface area (Å²) in [5, 5.41) is 4.05. The number of likely N-dealkylation sites (tertiary alicyclic amines) is 1. The molecule has 0 aliphatic carbocycles. The summed E-state index contributed by atoms with van der Waals surface area (Å²) in [5.41, 5.74) is 0.873. The average molecular weight is 456 g/mol. The molecule has 2 aromatic rings. The summed E-state index contributed by atoms with van der Waals surface area (Å²) in [5.74, 6) is 0.998. The van der Waals surface area contributed by atoms with Crippen LogP contribution in [0.15, 0.2) is 41.1 Å². The number of carbonyl (C=O) groups is 1. The van der Waals surface area contributed by atoms with E-state index < -0.39 is 0 Å². The lowest BCUT2D eigenvalue weighted by Crippen LogP contribution is -2.52. The number of aromatic nitrogens is 1. The Morgan fingerprint density at radius 1 is 1.12 bits per heavy atom. The van der Waals surface area contributed by atoms with Crippen molar-refractivity contribution in [1.82, 2.24) is 15.0 Å². The Bertz CT molecular complexity index is 942. The van der Waals surface area contributed by atoms with E-state index in [1.165, 1.54) is 12.1 Å². The van der Waals surface area contributed by atoms with Gasteiger partial charge in [-0.1, -0.05) is 5.16 Å². The lowest BCUT2D eigenvalue weighted by atomic mass is 9.75. The van der Waals surface area contributed by atoms with Crippen molar-refractivity contribution in [2.24, 2.45) is 5.41 Å². The third-order valence-electron chi connectivity index (χ3n) is 8.07. The molecule has 0 radical (unpaired) electrons. The molecular formula is C25H34FN5O2. The van der Waals surface area contributed by atoms with Crippen molar-refractivity contribution in [3.05, 3.63) is 42.4 Å². The van der Waals surface area contributed by atoms with Gasteiger partial charge in [0.05, 0.1) is 5.41 Å². The summed E-state index contributed by atoms with van der Waals surface area (Å²) in [6, 6.07) is 9.38. The molecule has 0 saturated carbocycles. The van der Waals surface area contributed by atoms with E-state index in [1.807, 2.05) is 30.1 Å². The molecule has 8 heteroatoms. The van der Waals surface area contributed by atoms with Crippen molar-refractivity contribution < 1.29 is 13.7 Å². The molecule has 3 aliphatic rings. The van der Waals surface area contributed by atoms with Gasteiger partial charge in [0, 0.05) is 70.2 Å². The lowest BCUT2D eigenvalue weighted by molar-refractivity contribution is -0.136. The van der Waals surface area contributed by atoms with Crippen LogP contribution in [0, 0.1) is 11.2 Å². The average Bonchev–Trinajstić information content (AvgIpc) is 3.43. The quantitative estimate of drug-likeness (QED) is 0.690. The van der Waals surface area contributed by atoms with Crippen molar-refractivity contribution in [1.29, 1.82) is 0 Å². The highest BCUT2D eigenvalue weighted by atomic mass is 19.1. The summed E-state index contributed by atoms with van der Waals surface area (Å²) in [6.45, 7) is 7.85. The van der Waals surface area contributed by atoms with Crippen LogP contribution in [0.5, 0.6) is 0 Å². The standard InChI is InChI=1S/C25H34FN5O2/c1-19-18-29(14-15-31(19)21-5-3-20(26)4-6-21)11-7-22-17-25(24(32)28(22)2)9-12-30(13-10-25)23-8-16-33-27-23/h3-6,8,16,19,22H,7,9-15,17-18H2,1-2H3/t19-,22+/m1/s1. The van der Waals surface area contributed by atoms with Crippen LogP contribution in [0.3, 0.4) is 0 Å². The van der Waals surface area contributed by atoms with E-state index in [9.17, 15) is 9.18 Å². The number of carbonyl (C=O) groups excluding carboxylic acids is 1. The maximum absolute atomic E-state index is 13.3. The first-order valence-corrected chi connectivity index (χ1v) is 12.1. The molecule has 4 heterocycles. The summed E-state index contributed by atoms with van der Waals surface area (Å²) in [4.78, 5) is 22.4. The number of halogens is 1. The zero-order valence-corrected chi connectivity index (χ0v) is 19.6. The number of anilines is 2. The smallest absolute Gasteiger partial charge is 0.228 e. The highest BCUT2D eigenvalue weighted by Crippen LogP contribution is 2.45. The number of hydrogen-bond donors (Lipinski definition) is 0. The Labute approximate surface area is 195 Å². The van der Waals surface area contributed by atoms with E-state index in [0.29, 0.717) is 18.0 Å². The van der Waals surface area contributed by atoms with Crippen LogP contribution in [-0.2, 0) is 4.79 Å². The normalized spacial score (nSPS) is 25.9. The SMILES string of the molecule is C[C@@H]1CN(CC[C@H]2CC3(CCN(c4ccon4)CC3)C(=O)N2C)CCN1c1ccc(F)cc1. The van der Waals surface area contributed by atoms with Crippen molar-refractivity contribution in [3.63, 3.8) is 0 Å². The van der Waals surface area contributed by atoms with Gasteiger partial charge in [0.2, 0.25) is 5.91 Å². The number of amides is 1. The highest BCUT2D eigenvalue weighted by Gasteiger charge is 2.51. The van der Waals surface area contributed by atoms with E-state index in [1.54, 1.807) is 6.26 Å². The lowest BCUT2D eigenvalue weighted by Gasteiger charge is -2.41. The minimum absolute atomic E-state index is 0.193. The van der Waals surface area contributed by atoms with E-state index in [4.69, 9.17) is 4.52 Å². The molecule has 3 fully saturated rings. The monoisotopic (exact) mass is 455 g/mol. The Morgan fingerprint density at radius 2 is 1.88 bits per heavy atom. The zero-order chi connectivity index (χ0) is 23.0. The van der Waals surface area contributed by atoms with Crippen LogP contribution in [0.2, 0.25) is 0 Å². The van der Waals surface area contributed by atoms with Crippen molar-refractivity contribution in [2.45, 2.75) is 44.7 Å². The van der Waals surface area contributed by atoms with E-state index in [-0.39, 0.29) is 11.2 Å². The fourth-order valence-corrected chi connectivity index (χ4v) is 6.05. The fourth-order valence-electron chi connectivity index (χ4n) is 6.05. The van der Waals surface area contributed by atoms with Crippen LogP contribution < -0.4 is 9.80 Å². The first-order valence-electron chi connectivity index (χ1n) is 12.1. The van der Waals surface area contributed by atoms with Gasteiger partial charge in [-0.3, -0.25) is 9.69 Å². The van der Waals surface area contributed by atoms with Gasteiger partial charge in [-0.2, -0.15) is 0 Å². The molecule has 2 atom stereocenters. The van der Waals surface area contributed by atoms with Gasteiger partial charge in [0.15, 0.2) is 5.82 Å². The number of benzene rings is 1. The molecule has 5 rings (SSSR count).